The normalized spacial score (nSPS) is 13.8. The van der Waals surface area contributed by atoms with Crippen LogP contribution in [-0.2, 0) is 10.9 Å². The van der Waals surface area contributed by atoms with Gasteiger partial charge in [-0.05, 0) is 63.6 Å². The number of amides is 1. The Labute approximate surface area is 190 Å². The smallest absolute Gasteiger partial charge is 0.416 e. The molecule has 33 heavy (non-hydrogen) atoms. The Kier molecular flexibility index (Phi) is 7.88. The van der Waals surface area contributed by atoms with Crippen LogP contribution in [0.4, 0.5) is 23.7 Å². The maximum atomic E-state index is 13.1. The van der Waals surface area contributed by atoms with Crippen LogP contribution in [0.1, 0.15) is 50.4 Å². The van der Waals surface area contributed by atoms with Crippen molar-refractivity contribution < 1.29 is 22.7 Å². The van der Waals surface area contributed by atoms with Crippen molar-refractivity contribution in [2.75, 3.05) is 0 Å². The number of nitriles is 1. The number of ether oxygens (including phenoxy) is 1. The number of alkyl carbamates (subject to hydrolysis) is 1. The second-order valence-electron chi connectivity index (χ2n) is 8.18. The molecule has 0 radical (unpaired) electrons. The number of nitrogens with two attached hydrogens (primary N) is 1. The molecule has 2 rings (SSSR count). The minimum absolute atomic E-state index is 0.0810. The van der Waals surface area contributed by atoms with E-state index in [-0.39, 0.29) is 5.69 Å². The topological polar surface area (TPSA) is 100 Å². The molecular formula is C24H25F3N4O2. The van der Waals surface area contributed by atoms with Gasteiger partial charge in [0.2, 0.25) is 0 Å². The van der Waals surface area contributed by atoms with Gasteiger partial charge in [-0.25, -0.2) is 4.79 Å². The molecule has 1 amide bonds. The second-order valence-corrected chi connectivity index (χ2v) is 8.18. The monoisotopic (exact) mass is 458 g/mol. The van der Waals surface area contributed by atoms with E-state index in [2.05, 4.69) is 10.3 Å². The Morgan fingerprint density at radius 3 is 2.33 bits per heavy atom. The zero-order valence-corrected chi connectivity index (χ0v) is 18.7. The van der Waals surface area contributed by atoms with Gasteiger partial charge >= 0.3 is 12.3 Å². The minimum Gasteiger partial charge on any atom is -0.444 e. The van der Waals surface area contributed by atoms with Crippen LogP contribution in [0.25, 0.3) is 0 Å². The number of halogens is 3. The summed E-state index contributed by atoms with van der Waals surface area (Å²) < 4.78 is 44.5. The van der Waals surface area contributed by atoms with E-state index < -0.39 is 29.5 Å². The molecule has 174 valence electrons. The molecule has 0 aliphatic carbocycles. The van der Waals surface area contributed by atoms with E-state index in [9.17, 15) is 18.0 Å². The highest BCUT2D eigenvalue weighted by molar-refractivity contribution is 6.01. The molecule has 0 fully saturated rings. The van der Waals surface area contributed by atoms with Crippen LogP contribution in [0.3, 0.4) is 0 Å². The van der Waals surface area contributed by atoms with Crippen LogP contribution in [0.15, 0.2) is 65.3 Å². The van der Waals surface area contributed by atoms with Gasteiger partial charge in [-0.15, -0.1) is 0 Å². The molecule has 9 heteroatoms. The summed E-state index contributed by atoms with van der Waals surface area (Å²) in [6.07, 6.45) is -4.00. The van der Waals surface area contributed by atoms with E-state index in [1.54, 1.807) is 52.0 Å². The molecule has 0 aliphatic rings. The Morgan fingerprint density at radius 1 is 1.18 bits per heavy atom. The molecule has 1 atom stereocenters. The molecule has 0 bridgehead atoms. The number of carbonyl (C=O) groups excluding carboxylic acids is 1. The lowest BCUT2D eigenvalue weighted by atomic mass is 9.95. The number of benzene rings is 2. The second kappa shape index (κ2) is 10.2. The van der Waals surface area contributed by atoms with Gasteiger partial charge in [0.1, 0.15) is 5.60 Å². The highest BCUT2D eigenvalue weighted by Gasteiger charge is 2.30. The summed E-state index contributed by atoms with van der Waals surface area (Å²) in [4.78, 5) is 16.8. The van der Waals surface area contributed by atoms with Crippen molar-refractivity contribution in [2.24, 2.45) is 10.7 Å². The van der Waals surface area contributed by atoms with Gasteiger partial charge in [0.15, 0.2) is 0 Å². The van der Waals surface area contributed by atoms with Crippen LogP contribution < -0.4 is 11.1 Å². The summed E-state index contributed by atoms with van der Waals surface area (Å²) in [5.74, 6) is 0. The van der Waals surface area contributed by atoms with Crippen LogP contribution >= 0.6 is 0 Å². The van der Waals surface area contributed by atoms with Gasteiger partial charge in [-0.1, -0.05) is 18.2 Å². The summed E-state index contributed by atoms with van der Waals surface area (Å²) in [5, 5.41) is 11.8. The van der Waals surface area contributed by atoms with E-state index in [0.29, 0.717) is 22.4 Å². The van der Waals surface area contributed by atoms with Crippen LogP contribution in [0, 0.1) is 11.3 Å². The molecule has 2 aromatic rings. The third-order valence-corrected chi connectivity index (χ3v) is 4.41. The summed E-state index contributed by atoms with van der Waals surface area (Å²) in [6, 6.07) is 12.2. The number of hydrogen-bond donors (Lipinski definition) is 2. The van der Waals surface area contributed by atoms with Gasteiger partial charge in [0, 0.05) is 17.5 Å². The van der Waals surface area contributed by atoms with Crippen molar-refractivity contribution in [3.05, 3.63) is 77.0 Å². The maximum absolute atomic E-state index is 13.1. The number of nitrogens with zero attached hydrogens (tertiary/aromatic N) is 2. The molecule has 0 aliphatic heterocycles. The Morgan fingerprint density at radius 2 is 1.82 bits per heavy atom. The quantitative estimate of drug-likeness (QED) is 0.555. The lowest BCUT2D eigenvalue weighted by molar-refractivity contribution is -0.137. The highest BCUT2D eigenvalue weighted by atomic mass is 19.4. The third-order valence-electron chi connectivity index (χ3n) is 4.41. The molecule has 3 N–H and O–H groups in total. The molecule has 0 spiro atoms. The minimum atomic E-state index is -4.50. The first-order chi connectivity index (χ1) is 15.3. The van der Waals surface area contributed by atoms with Gasteiger partial charge in [0.05, 0.1) is 28.9 Å². The molecular weight excluding hydrogens is 433 g/mol. The number of carbonyl (C=O) groups is 1. The molecule has 2 aromatic carbocycles. The van der Waals surface area contributed by atoms with E-state index in [1.165, 1.54) is 18.3 Å². The largest absolute Gasteiger partial charge is 0.444 e. The van der Waals surface area contributed by atoms with Gasteiger partial charge < -0.3 is 15.8 Å². The predicted molar refractivity (Wildman–Crippen MR) is 120 cm³/mol. The molecule has 0 heterocycles. The average Bonchev–Trinajstić information content (AvgIpc) is 2.72. The SMILES string of the molecule is CC(=Nc1cccc(C(F)(F)F)c1)C(=CN)[C@H](NC(=O)OC(C)(C)C)c1ccc(C#N)cc1. The fourth-order valence-electron chi connectivity index (χ4n) is 2.95. The highest BCUT2D eigenvalue weighted by Crippen LogP contribution is 2.32. The first kappa shape index (κ1) is 25.5. The van der Waals surface area contributed by atoms with Crippen molar-refractivity contribution in [1.82, 2.24) is 5.32 Å². The molecule has 0 unspecified atom stereocenters. The summed E-state index contributed by atoms with van der Waals surface area (Å²) in [6.45, 7) is 6.71. The zero-order chi connectivity index (χ0) is 24.8. The fourth-order valence-corrected chi connectivity index (χ4v) is 2.95. The summed E-state index contributed by atoms with van der Waals surface area (Å²) >= 11 is 0. The molecule has 0 saturated carbocycles. The van der Waals surface area contributed by atoms with Crippen molar-refractivity contribution in [2.45, 2.75) is 45.5 Å². The first-order valence-electron chi connectivity index (χ1n) is 9.98. The van der Waals surface area contributed by atoms with E-state index >= 15 is 0 Å². The Bertz CT molecular complexity index is 1090. The van der Waals surface area contributed by atoms with Crippen LogP contribution in [0.5, 0.6) is 0 Å². The third kappa shape index (κ3) is 7.38. The summed E-state index contributed by atoms with van der Waals surface area (Å²) in [7, 11) is 0. The van der Waals surface area contributed by atoms with Crippen molar-refractivity contribution in [3.8, 4) is 6.07 Å². The Hall–Kier alpha value is -3.80. The van der Waals surface area contributed by atoms with Gasteiger partial charge in [-0.2, -0.15) is 18.4 Å². The predicted octanol–water partition coefficient (Wildman–Crippen LogP) is 5.78. The number of hydrogen-bond acceptors (Lipinski definition) is 5. The Balaban J connectivity index is 2.47. The molecule has 6 nitrogen and oxygen atoms in total. The van der Waals surface area contributed by atoms with E-state index in [1.807, 2.05) is 6.07 Å². The van der Waals surface area contributed by atoms with Crippen molar-refractivity contribution in [3.63, 3.8) is 0 Å². The van der Waals surface area contributed by atoms with Crippen molar-refractivity contribution >= 4 is 17.5 Å². The van der Waals surface area contributed by atoms with Gasteiger partial charge in [0.25, 0.3) is 0 Å². The van der Waals surface area contributed by atoms with E-state index in [0.717, 1.165) is 12.1 Å². The van der Waals surface area contributed by atoms with E-state index in [4.69, 9.17) is 15.7 Å². The molecule has 0 saturated heterocycles. The standard InChI is InChI=1S/C24H25F3N4O2/c1-15(30-19-7-5-6-18(12-19)24(25,26)27)20(14-29)21(31-22(32)33-23(2,3)4)17-10-8-16(13-28)9-11-17/h5-12,14,21H,29H2,1-4H3,(H,31,32)/t21-/m1/s1. The lowest BCUT2D eigenvalue weighted by Crippen LogP contribution is -2.36. The number of aliphatic imine (C=N–C) groups is 1. The van der Waals surface area contributed by atoms with Crippen molar-refractivity contribution in [1.29, 1.82) is 5.26 Å². The number of nitrogens with one attached hydrogen (secondary N) is 1. The summed E-state index contributed by atoms with van der Waals surface area (Å²) in [5.41, 5.74) is 5.99. The maximum Gasteiger partial charge on any atom is 0.416 e. The average molecular weight is 458 g/mol. The molecule has 0 aromatic heterocycles. The van der Waals surface area contributed by atoms with Crippen LogP contribution in [-0.4, -0.2) is 17.4 Å². The number of rotatable bonds is 5. The zero-order valence-electron chi connectivity index (χ0n) is 18.7. The van der Waals surface area contributed by atoms with Gasteiger partial charge in [-0.3, -0.25) is 4.99 Å². The fraction of sp³-hybridized carbons (Fsp3) is 0.292. The van der Waals surface area contributed by atoms with Crippen LogP contribution in [0.2, 0.25) is 0 Å². The lowest BCUT2D eigenvalue weighted by Gasteiger charge is -2.25. The first-order valence-corrected chi connectivity index (χ1v) is 9.98. The number of alkyl halides is 3.